The maximum Gasteiger partial charge on any atom is 0.305 e. The molecule has 0 amide bonds. The van der Waals surface area contributed by atoms with Crippen LogP contribution in [-0.2, 0) is 19.1 Å². The smallest absolute Gasteiger partial charge is 0.305 e. The highest BCUT2D eigenvalue weighted by Crippen LogP contribution is 2.16. The van der Waals surface area contributed by atoms with Gasteiger partial charge in [-0.1, -0.05) is 245 Å². The molecule has 0 aromatic rings. The van der Waals surface area contributed by atoms with Crippen molar-refractivity contribution in [3.05, 3.63) is 0 Å². The first-order chi connectivity index (χ1) is 24.6. The molecule has 0 spiro atoms. The van der Waals surface area contributed by atoms with Gasteiger partial charge in [-0.05, 0) is 12.8 Å². The van der Waals surface area contributed by atoms with Crippen molar-refractivity contribution in [2.75, 3.05) is 14.2 Å². The molecule has 0 aromatic carbocycles. The van der Waals surface area contributed by atoms with Gasteiger partial charge in [-0.2, -0.15) is 0 Å². The minimum Gasteiger partial charge on any atom is -0.469 e. The van der Waals surface area contributed by atoms with E-state index in [-0.39, 0.29) is 11.9 Å². The predicted octanol–water partition coefficient (Wildman–Crippen LogP) is 16.0. The maximum absolute atomic E-state index is 11.0. The molecule has 4 heteroatoms. The number of esters is 2. The molecule has 0 aliphatic rings. The third-order valence-electron chi connectivity index (χ3n) is 10.4. The Kier molecular flexibility index (Phi) is 48.9. The zero-order valence-corrected chi connectivity index (χ0v) is 34.9. The largest absolute Gasteiger partial charge is 0.469 e. The Morgan fingerprint density at radius 3 is 0.540 bits per heavy atom. The molecule has 0 N–H and O–H groups in total. The van der Waals surface area contributed by atoms with Crippen LogP contribution in [0.4, 0.5) is 0 Å². The fraction of sp³-hybridized carbons (Fsp3) is 0.957. The monoisotopic (exact) mass is 709 g/mol. The zero-order valence-electron chi connectivity index (χ0n) is 34.9. The lowest BCUT2D eigenvalue weighted by atomic mass is 10.0. The van der Waals surface area contributed by atoms with Crippen molar-refractivity contribution in [3.8, 4) is 0 Å². The van der Waals surface area contributed by atoms with Gasteiger partial charge in [-0.15, -0.1) is 0 Å². The van der Waals surface area contributed by atoms with Crippen molar-refractivity contribution in [2.45, 2.75) is 271 Å². The van der Waals surface area contributed by atoms with E-state index in [0.29, 0.717) is 12.8 Å². The summed E-state index contributed by atoms with van der Waals surface area (Å²) in [6, 6.07) is 0. The predicted molar refractivity (Wildman–Crippen MR) is 220 cm³/mol. The average Bonchev–Trinajstić information content (AvgIpc) is 3.13. The standard InChI is InChI=1S/2C23H46O2/c2*1-3-4-5-6-7-8-9-10-11-12-13-14-15-16-17-18-19-20-21-22-23(24)25-2/h2*3-22H2,1-2H3. The first kappa shape index (κ1) is 51.0. The van der Waals surface area contributed by atoms with Crippen LogP contribution in [0.5, 0.6) is 0 Å². The minimum absolute atomic E-state index is 0.0630. The van der Waals surface area contributed by atoms with Crippen molar-refractivity contribution in [3.63, 3.8) is 0 Å². The van der Waals surface area contributed by atoms with Crippen LogP contribution in [0.1, 0.15) is 271 Å². The SMILES string of the molecule is CCCCCCCCCCCCCCCCCCCCCC(=O)OC.CCCCCCCCCCCCCCCCCCCCCC(=O)OC. The van der Waals surface area contributed by atoms with Gasteiger partial charge in [0.25, 0.3) is 0 Å². The van der Waals surface area contributed by atoms with Gasteiger partial charge in [0.2, 0.25) is 0 Å². The molecule has 0 saturated carbocycles. The highest BCUT2D eigenvalue weighted by molar-refractivity contribution is 5.69. The Hall–Kier alpha value is -1.06. The molecule has 0 radical (unpaired) electrons. The first-order valence-electron chi connectivity index (χ1n) is 22.8. The van der Waals surface area contributed by atoms with Crippen molar-refractivity contribution in [2.24, 2.45) is 0 Å². The molecule has 0 bridgehead atoms. The van der Waals surface area contributed by atoms with E-state index < -0.39 is 0 Å². The molecule has 50 heavy (non-hydrogen) atoms. The Labute approximate surface area is 315 Å². The molecule has 0 rings (SSSR count). The molecule has 0 aromatic heterocycles. The van der Waals surface area contributed by atoms with Crippen LogP contribution in [0.25, 0.3) is 0 Å². The quantitative estimate of drug-likeness (QED) is 0.0470. The summed E-state index contributed by atoms with van der Waals surface area (Å²) < 4.78 is 9.30. The lowest BCUT2D eigenvalue weighted by molar-refractivity contribution is -0.141. The summed E-state index contributed by atoms with van der Waals surface area (Å²) in [7, 11) is 2.94. The Bertz CT molecular complexity index is 580. The highest BCUT2D eigenvalue weighted by Gasteiger charge is 2.01. The van der Waals surface area contributed by atoms with E-state index in [4.69, 9.17) is 0 Å². The van der Waals surface area contributed by atoms with Gasteiger partial charge >= 0.3 is 11.9 Å². The number of rotatable bonds is 40. The molecular weight excluding hydrogens is 617 g/mol. The molecule has 0 saturated heterocycles. The second-order valence-corrected chi connectivity index (χ2v) is 15.4. The molecule has 0 aliphatic carbocycles. The maximum atomic E-state index is 11.0. The number of hydrogen-bond acceptors (Lipinski definition) is 4. The fourth-order valence-electron chi connectivity index (χ4n) is 6.90. The van der Waals surface area contributed by atoms with E-state index in [9.17, 15) is 9.59 Å². The summed E-state index contributed by atoms with van der Waals surface area (Å²) >= 11 is 0. The van der Waals surface area contributed by atoms with Crippen LogP contribution in [-0.4, -0.2) is 26.2 Å². The first-order valence-corrected chi connectivity index (χ1v) is 22.8. The normalized spacial score (nSPS) is 11.0. The number of unbranched alkanes of at least 4 members (excludes halogenated alkanes) is 36. The van der Waals surface area contributed by atoms with Crippen molar-refractivity contribution in [1.82, 2.24) is 0 Å². The number of carbonyl (C=O) groups is 2. The minimum atomic E-state index is -0.0630. The van der Waals surface area contributed by atoms with E-state index in [0.717, 1.165) is 12.8 Å². The number of methoxy groups -OCH3 is 2. The van der Waals surface area contributed by atoms with Gasteiger partial charge in [-0.3, -0.25) is 9.59 Å². The average molecular weight is 709 g/mol. The van der Waals surface area contributed by atoms with Crippen molar-refractivity contribution < 1.29 is 19.1 Å². The van der Waals surface area contributed by atoms with Crippen LogP contribution in [0, 0.1) is 0 Å². The lowest BCUT2D eigenvalue weighted by Crippen LogP contribution is -1.99. The van der Waals surface area contributed by atoms with Crippen LogP contribution < -0.4 is 0 Å². The van der Waals surface area contributed by atoms with Crippen LogP contribution in [0.15, 0.2) is 0 Å². The lowest BCUT2D eigenvalue weighted by Gasteiger charge is -2.04. The third-order valence-corrected chi connectivity index (χ3v) is 10.4. The zero-order chi connectivity index (χ0) is 36.9. The Morgan fingerprint density at radius 2 is 0.400 bits per heavy atom. The third kappa shape index (κ3) is 49.1. The molecule has 0 aliphatic heterocycles. The summed E-state index contributed by atoms with van der Waals surface area (Å²) in [5.74, 6) is -0.126. The molecule has 0 heterocycles. The van der Waals surface area contributed by atoms with Gasteiger partial charge in [0, 0.05) is 12.8 Å². The van der Waals surface area contributed by atoms with Gasteiger partial charge < -0.3 is 9.47 Å². The number of ether oxygens (including phenoxy) is 2. The number of hydrogen-bond donors (Lipinski definition) is 0. The van der Waals surface area contributed by atoms with Crippen LogP contribution in [0.3, 0.4) is 0 Å². The van der Waals surface area contributed by atoms with Gasteiger partial charge in [-0.25, -0.2) is 0 Å². The van der Waals surface area contributed by atoms with E-state index in [1.165, 1.54) is 245 Å². The van der Waals surface area contributed by atoms with Crippen LogP contribution >= 0.6 is 0 Å². The summed E-state index contributed by atoms with van der Waals surface area (Å²) in [6.07, 6.45) is 53.7. The molecule has 4 nitrogen and oxygen atoms in total. The summed E-state index contributed by atoms with van der Waals surface area (Å²) in [5.41, 5.74) is 0. The van der Waals surface area contributed by atoms with E-state index in [1.807, 2.05) is 0 Å². The second-order valence-electron chi connectivity index (χ2n) is 15.4. The second kappa shape index (κ2) is 47.9. The topological polar surface area (TPSA) is 52.6 Å². The van der Waals surface area contributed by atoms with Gasteiger partial charge in [0.05, 0.1) is 14.2 Å². The summed E-state index contributed by atoms with van der Waals surface area (Å²) in [6.45, 7) is 4.58. The van der Waals surface area contributed by atoms with E-state index >= 15 is 0 Å². The molecule has 0 unspecified atom stereocenters. The Morgan fingerprint density at radius 1 is 0.260 bits per heavy atom. The molecule has 300 valence electrons. The van der Waals surface area contributed by atoms with E-state index in [2.05, 4.69) is 23.3 Å². The fourth-order valence-corrected chi connectivity index (χ4v) is 6.90. The van der Waals surface area contributed by atoms with Crippen molar-refractivity contribution >= 4 is 11.9 Å². The van der Waals surface area contributed by atoms with Gasteiger partial charge in [0.15, 0.2) is 0 Å². The molecule has 0 atom stereocenters. The Balaban J connectivity index is 0. The highest BCUT2D eigenvalue weighted by atomic mass is 16.5. The van der Waals surface area contributed by atoms with Crippen molar-refractivity contribution in [1.29, 1.82) is 0 Å². The molecular formula is C46H92O4. The van der Waals surface area contributed by atoms with Gasteiger partial charge in [0.1, 0.15) is 0 Å². The number of carbonyl (C=O) groups excluding carboxylic acids is 2. The van der Waals surface area contributed by atoms with E-state index in [1.54, 1.807) is 0 Å². The summed E-state index contributed by atoms with van der Waals surface area (Å²) in [4.78, 5) is 21.9. The van der Waals surface area contributed by atoms with Crippen LogP contribution in [0.2, 0.25) is 0 Å². The summed E-state index contributed by atoms with van der Waals surface area (Å²) in [5, 5.41) is 0. The molecule has 0 fully saturated rings.